The fraction of sp³-hybridized carbons (Fsp3) is 0.318. The van der Waals surface area contributed by atoms with Crippen molar-refractivity contribution in [2.24, 2.45) is 0 Å². The predicted octanol–water partition coefficient (Wildman–Crippen LogP) is 4.92. The molecule has 148 valence electrons. The normalized spacial score (nSPS) is 11.6. The molecular weight excluding hydrogens is 361 g/mol. The SMILES string of the molecule is CC(C)Oc1cccc(C(C)(C)COc2ccc(-c3cc(=O)[nH]o3)c(F)c2)c1. The fourth-order valence-electron chi connectivity index (χ4n) is 2.81. The summed E-state index contributed by atoms with van der Waals surface area (Å²) in [7, 11) is 0. The van der Waals surface area contributed by atoms with Crippen molar-refractivity contribution in [2.45, 2.75) is 39.2 Å². The molecule has 0 amide bonds. The molecule has 0 aliphatic heterocycles. The second-order valence-electron chi connectivity index (χ2n) is 7.59. The lowest BCUT2D eigenvalue weighted by molar-refractivity contribution is 0.233. The summed E-state index contributed by atoms with van der Waals surface area (Å²) in [4.78, 5) is 11.2. The van der Waals surface area contributed by atoms with Gasteiger partial charge >= 0.3 is 0 Å². The highest BCUT2D eigenvalue weighted by molar-refractivity contribution is 5.58. The van der Waals surface area contributed by atoms with E-state index in [0.29, 0.717) is 12.4 Å². The van der Waals surface area contributed by atoms with Crippen molar-refractivity contribution >= 4 is 0 Å². The van der Waals surface area contributed by atoms with E-state index in [2.05, 4.69) is 19.0 Å². The van der Waals surface area contributed by atoms with E-state index in [9.17, 15) is 9.18 Å². The highest BCUT2D eigenvalue weighted by atomic mass is 19.1. The van der Waals surface area contributed by atoms with Crippen LogP contribution in [0.3, 0.4) is 0 Å². The van der Waals surface area contributed by atoms with Crippen LogP contribution in [0.5, 0.6) is 11.5 Å². The Hall–Kier alpha value is -3.02. The van der Waals surface area contributed by atoms with Crippen LogP contribution in [0.25, 0.3) is 11.3 Å². The molecule has 0 bridgehead atoms. The Morgan fingerprint density at radius 1 is 1.11 bits per heavy atom. The third-order valence-corrected chi connectivity index (χ3v) is 4.32. The maximum Gasteiger partial charge on any atom is 0.280 e. The third-order valence-electron chi connectivity index (χ3n) is 4.32. The average Bonchev–Trinajstić information content (AvgIpc) is 3.06. The highest BCUT2D eigenvalue weighted by Gasteiger charge is 2.23. The number of rotatable bonds is 7. The van der Waals surface area contributed by atoms with Crippen LogP contribution in [0.1, 0.15) is 33.3 Å². The third kappa shape index (κ3) is 4.63. The van der Waals surface area contributed by atoms with Gasteiger partial charge in [-0.15, -0.1) is 0 Å². The van der Waals surface area contributed by atoms with Gasteiger partial charge in [-0.1, -0.05) is 26.0 Å². The maximum atomic E-state index is 14.4. The van der Waals surface area contributed by atoms with Crippen LogP contribution in [0, 0.1) is 5.82 Å². The molecule has 0 radical (unpaired) electrons. The predicted molar refractivity (Wildman–Crippen MR) is 105 cm³/mol. The summed E-state index contributed by atoms with van der Waals surface area (Å²) in [5.74, 6) is 0.840. The lowest BCUT2D eigenvalue weighted by Crippen LogP contribution is -2.26. The molecule has 3 aromatic rings. The van der Waals surface area contributed by atoms with E-state index >= 15 is 0 Å². The van der Waals surface area contributed by atoms with Gasteiger partial charge < -0.3 is 14.0 Å². The zero-order valence-electron chi connectivity index (χ0n) is 16.4. The van der Waals surface area contributed by atoms with Gasteiger partial charge in [-0.05, 0) is 43.7 Å². The molecular formula is C22H24FNO4. The number of hydrogen-bond donors (Lipinski definition) is 1. The summed E-state index contributed by atoms with van der Waals surface area (Å²) in [5.41, 5.74) is 0.541. The van der Waals surface area contributed by atoms with Crippen molar-refractivity contribution in [1.29, 1.82) is 0 Å². The van der Waals surface area contributed by atoms with Crippen LogP contribution < -0.4 is 15.0 Å². The number of aromatic amines is 1. The van der Waals surface area contributed by atoms with Crippen LogP contribution in [0.4, 0.5) is 4.39 Å². The Morgan fingerprint density at radius 2 is 1.89 bits per heavy atom. The lowest BCUT2D eigenvalue weighted by Gasteiger charge is -2.26. The van der Waals surface area contributed by atoms with Crippen LogP contribution in [-0.4, -0.2) is 17.9 Å². The van der Waals surface area contributed by atoms with E-state index in [-0.39, 0.29) is 22.8 Å². The number of nitrogens with one attached hydrogen (secondary N) is 1. The van der Waals surface area contributed by atoms with E-state index in [4.69, 9.17) is 14.0 Å². The standard InChI is InChI=1S/C22H24FNO4/c1-14(2)27-17-7-5-6-15(10-17)22(3,4)13-26-16-8-9-18(19(23)11-16)20-12-21(25)24-28-20/h5-12,14H,13H2,1-4H3,(H,24,25). The Morgan fingerprint density at radius 3 is 2.54 bits per heavy atom. The molecule has 0 saturated carbocycles. The summed E-state index contributed by atoms with van der Waals surface area (Å²) in [6, 6.07) is 13.6. The van der Waals surface area contributed by atoms with Gasteiger partial charge in [-0.25, -0.2) is 4.39 Å². The van der Waals surface area contributed by atoms with Gasteiger partial charge in [0.1, 0.15) is 17.3 Å². The first-order chi connectivity index (χ1) is 13.2. The summed E-state index contributed by atoms with van der Waals surface area (Å²) >= 11 is 0. The van der Waals surface area contributed by atoms with Gasteiger partial charge in [0.15, 0.2) is 5.76 Å². The summed E-state index contributed by atoms with van der Waals surface area (Å²) in [6.45, 7) is 8.44. The first-order valence-electron chi connectivity index (χ1n) is 9.13. The second kappa shape index (κ2) is 7.92. The molecule has 1 aromatic heterocycles. The van der Waals surface area contributed by atoms with Crippen molar-refractivity contribution in [3.8, 4) is 22.8 Å². The molecule has 1 N–H and O–H groups in total. The number of halogens is 1. The van der Waals surface area contributed by atoms with Gasteiger partial charge in [0.2, 0.25) is 0 Å². The zero-order chi connectivity index (χ0) is 20.3. The number of benzene rings is 2. The van der Waals surface area contributed by atoms with E-state index in [1.165, 1.54) is 18.2 Å². The first kappa shape index (κ1) is 19.7. The molecule has 3 rings (SSSR count). The average molecular weight is 385 g/mol. The first-order valence-corrected chi connectivity index (χ1v) is 9.13. The minimum absolute atomic E-state index is 0.0977. The molecule has 28 heavy (non-hydrogen) atoms. The minimum atomic E-state index is -0.523. The maximum absolute atomic E-state index is 14.4. The molecule has 2 aromatic carbocycles. The summed E-state index contributed by atoms with van der Waals surface area (Å²) in [6.07, 6.45) is 0.0977. The van der Waals surface area contributed by atoms with Crippen LogP contribution >= 0.6 is 0 Å². The van der Waals surface area contributed by atoms with Gasteiger partial charge in [-0.2, -0.15) is 5.16 Å². The molecule has 0 atom stereocenters. The van der Waals surface area contributed by atoms with Crippen LogP contribution in [-0.2, 0) is 5.41 Å². The van der Waals surface area contributed by atoms with Gasteiger partial charge in [-0.3, -0.25) is 4.79 Å². The highest BCUT2D eigenvalue weighted by Crippen LogP contribution is 2.30. The van der Waals surface area contributed by atoms with Crippen molar-refractivity contribution in [3.05, 3.63) is 70.3 Å². The molecule has 0 fully saturated rings. The second-order valence-corrected chi connectivity index (χ2v) is 7.59. The number of H-pyrrole nitrogens is 1. The topological polar surface area (TPSA) is 64.5 Å². The molecule has 0 aliphatic rings. The van der Waals surface area contributed by atoms with E-state index in [0.717, 1.165) is 11.3 Å². The number of aromatic nitrogens is 1. The zero-order valence-corrected chi connectivity index (χ0v) is 16.4. The molecule has 0 saturated heterocycles. The quantitative estimate of drug-likeness (QED) is 0.627. The molecule has 0 unspecified atom stereocenters. The molecule has 0 aliphatic carbocycles. The van der Waals surface area contributed by atoms with Crippen molar-refractivity contribution in [3.63, 3.8) is 0 Å². The van der Waals surface area contributed by atoms with Gasteiger partial charge in [0.05, 0.1) is 24.3 Å². The number of ether oxygens (including phenoxy) is 2. The van der Waals surface area contributed by atoms with Crippen molar-refractivity contribution in [1.82, 2.24) is 5.16 Å². The molecule has 1 heterocycles. The largest absolute Gasteiger partial charge is 0.493 e. The van der Waals surface area contributed by atoms with Crippen molar-refractivity contribution in [2.75, 3.05) is 6.61 Å². The Kier molecular flexibility index (Phi) is 5.58. The van der Waals surface area contributed by atoms with Crippen LogP contribution in [0.15, 0.2) is 57.8 Å². The van der Waals surface area contributed by atoms with Gasteiger partial charge in [0, 0.05) is 11.5 Å². The van der Waals surface area contributed by atoms with E-state index in [1.807, 2.05) is 38.1 Å². The monoisotopic (exact) mass is 385 g/mol. The smallest absolute Gasteiger partial charge is 0.280 e. The Balaban J connectivity index is 1.72. The number of hydrogen-bond acceptors (Lipinski definition) is 4. The molecule has 6 heteroatoms. The summed E-state index contributed by atoms with van der Waals surface area (Å²) < 4.78 is 30.9. The van der Waals surface area contributed by atoms with Crippen LogP contribution in [0.2, 0.25) is 0 Å². The van der Waals surface area contributed by atoms with E-state index < -0.39 is 11.4 Å². The lowest BCUT2D eigenvalue weighted by atomic mass is 9.85. The summed E-state index contributed by atoms with van der Waals surface area (Å²) in [5, 5.41) is 2.15. The van der Waals surface area contributed by atoms with E-state index in [1.54, 1.807) is 6.07 Å². The molecule has 0 spiro atoms. The van der Waals surface area contributed by atoms with Gasteiger partial charge in [0.25, 0.3) is 5.56 Å². The Labute approximate surface area is 163 Å². The minimum Gasteiger partial charge on any atom is -0.493 e. The van der Waals surface area contributed by atoms with Crippen molar-refractivity contribution < 1.29 is 18.4 Å². The molecule has 5 nitrogen and oxygen atoms in total. The Bertz CT molecular complexity index is 1000. The fourth-order valence-corrected chi connectivity index (χ4v) is 2.81.